The summed E-state index contributed by atoms with van der Waals surface area (Å²) in [6.45, 7) is 5.97. The molecule has 1 saturated heterocycles. The van der Waals surface area contributed by atoms with Crippen LogP contribution in [0, 0.1) is 0 Å². The second kappa shape index (κ2) is 5.19. The molecule has 0 radical (unpaired) electrons. The molecule has 0 saturated carbocycles. The molecule has 94 valence electrons. The Morgan fingerprint density at radius 2 is 2.24 bits per heavy atom. The van der Waals surface area contributed by atoms with E-state index in [2.05, 4.69) is 29.6 Å². The van der Waals surface area contributed by atoms with Crippen molar-refractivity contribution in [3.63, 3.8) is 0 Å². The third-order valence-corrected chi connectivity index (χ3v) is 3.36. The van der Waals surface area contributed by atoms with Crippen molar-refractivity contribution in [3.8, 4) is 0 Å². The highest BCUT2D eigenvalue weighted by atomic mass is 16.3. The summed E-state index contributed by atoms with van der Waals surface area (Å²) < 4.78 is 0. The van der Waals surface area contributed by atoms with Gasteiger partial charge in [-0.25, -0.2) is 0 Å². The number of hydrogen-bond donors (Lipinski definition) is 2. The van der Waals surface area contributed by atoms with E-state index >= 15 is 0 Å². The van der Waals surface area contributed by atoms with Crippen LogP contribution in [-0.2, 0) is 6.42 Å². The first kappa shape index (κ1) is 12.6. The van der Waals surface area contributed by atoms with Crippen molar-refractivity contribution >= 4 is 0 Å². The van der Waals surface area contributed by atoms with Crippen LogP contribution in [0.5, 0.6) is 0 Å². The lowest BCUT2D eigenvalue weighted by Gasteiger charge is -2.24. The first-order valence-corrected chi connectivity index (χ1v) is 6.56. The number of piperidine rings is 1. The van der Waals surface area contributed by atoms with Crippen molar-refractivity contribution in [2.75, 3.05) is 13.1 Å². The molecular formula is C15H23NO. The summed E-state index contributed by atoms with van der Waals surface area (Å²) in [5.41, 5.74) is 2.03. The van der Waals surface area contributed by atoms with Crippen molar-refractivity contribution in [2.45, 2.75) is 44.6 Å². The number of benzene rings is 1. The summed E-state index contributed by atoms with van der Waals surface area (Å²) in [6, 6.07) is 8.70. The van der Waals surface area contributed by atoms with Gasteiger partial charge in [-0.2, -0.15) is 0 Å². The molecule has 2 N–H and O–H groups in total. The fourth-order valence-corrected chi connectivity index (χ4v) is 2.59. The van der Waals surface area contributed by atoms with E-state index in [0.29, 0.717) is 5.92 Å². The Morgan fingerprint density at radius 3 is 2.88 bits per heavy atom. The van der Waals surface area contributed by atoms with Crippen LogP contribution in [0.3, 0.4) is 0 Å². The minimum absolute atomic E-state index is 0.622. The van der Waals surface area contributed by atoms with Gasteiger partial charge in [-0.1, -0.05) is 24.3 Å². The van der Waals surface area contributed by atoms with Crippen LogP contribution in [0.1, 0.15) is 43.7 Å². The Labute approximate surface area is 104 Å². The molecule has 1 aromatic carbocycles. The van der Waals surface area contributed by atoms with Crippen LogP contribution < -0.4 is 5.32 Å². The Morgan fingerprint density at radius 1 is 1.41 bits per heavy atom. The van der Waals surface area contributed by atoms with Gasteiger partial charge in [0.1, 0.15) is 0 Å². The van der Waals surface area contributed by atoms with Crippen LogP contribution in [0.2, 0.25) is 0 Å². The van der Waals surface area contributed by atoms with Crippen LogP contribution in [0.4, 0.5) is 0 Å². The Kier molecular flexibility index (Phi) is 3.85. The number of hydrogen-bond acceptors (Lipinski definition) is 2. The molecule has 1 aliphatic heterocycles. The number of rotatable bonds is 3. The van der Waals surface area contributed by atoms with E-state index in [1.807, 2.05) is 13.8 Å². The molecule has 0 amide bonds. The lowest BCUT2D eigenvalue weighted by molar-refractivity contribution is 0.0810. The van der Waals surface area contributed by atoms with E-state index in [-0.39, 0.29) is 0 Å². The minimum atomic E-state index is -0.622. The van der Waals surface area contributed by atoms with Gasteiger partial charge in [0, 0.05) is 13.0 Å². The maximum Gasteiger partial charge on any atom is 0.0631 e. The second-order valence-corrected chi connectivity index (χ2v) is 5.78. The lowest BCUT2D eigenvalue weighted by Crippen LogP contribution is -2.28. The van der Waals surface area contributed by atoms with Gasteiger partial charge in [0.2, 0.25) is 0 Å². The van der Waals surface area contributed by atoms with E-state index in [1.54, 1.807) is 0 Å². The van der Waals surface area contributed by atoms with E-state index in [0.717, 1.165) is 19.5 Å². The molecular weight excluding hydrogens is 210 g/mol. The molecule has 0 aliphatic carbocycles. The van der Waals surface area contributed by atoms with Crippen LogP contribution in [0.25, 0.3) is 0 Å². The molecule has 2 nitrogen and oxygen atoms in total. The van der Waals surface area contributed by atoms with Gasteiger partial charge in [0.25, 0.3) is 0 Å². The Balaban J connectivity index is 2.10. The summed E-state index contributed by atoms with van der Waals surface area (Å²) in [4.78, 5) is 0. The quantitative estimate of drug-likeness (QED) is 0.840. The first-order valence-electron chi connectivity index (χ1n) is 6.56. The zero-order valence-corrected chi connectivity index (χ0v) is 10.9. The maximum atomic E-state index is 9.86. The highest BCUT2D eigenvalue weighted by Gasteiger charge is 2.17. The maximum absolute atomic E-state index is 9.86. The van der Waals surface area contributed by atoms with E-state index in [9.17, 15) is 5.11 Å². The topological polar surface area (TPSA) is 32.3 Å². The normalized spacial score (nSPS) is 21.5. The van der Waals surface area contributed by atoms with Crippen LogP contribution in [-0.4, -0.2) is 23.8 Å². The summed E-state index contributed by atoms with van der Waals surface area (Å²) in [5, 5.41) is 13.3. The standard InChI is InChI=1S/C15H23NO/c1-15(2,17)10-12-5-3-6-13(9-12)14-7-4-8-16-11-14/h3,5-6,9,14,16-17H,4,7-8,10-11H2,1-2H3. The van der Waals surface area contributed by atoms with Gasteiger partial charge in [-0.3, -0.25) is 0 Å². The van der Waals surface area contributed by atoms with Gasteiger partial charge in [-0.15, -0.1) is 0 Å². The molecule has 1 unspecified atom stereocenters. The van der Waals surface area contributed by atoms with Crippen LogP contribution in [0.15, 0.2) is 24.3 Å². The second-order valence-electron chi connectivity index (χ2n) is 5.78. The fraction of sp³-hybridized carbons (Fsp3) is 0.600. The highest BCUT2D eigenvalue weighted by molar-refractivity contribution is 5.28. The first-order chi connectivity index (χ1) is 8.04. The highest BCUT2D eigenvalue weighted by Crippen LogP contribution is 2.24. The van der Waals surface area contributed by atoms with Gasteiger partial charge in [0.15, 0.2) is 0 Å². The largest absolute Gasteiger partial charge is 0.390 e. The molecule has 2 heteroatoms. The van der Waals surface area contributed by atoms with E-state index in [4.69, 9.17) is 0 Å². The molecule has 2 rings (SSSR count). The summed E-state index contributed by atoms with van der Waals surface area (Å²) in [5.74, 6) is 0.644. The van der Waals surface area contributed by atoms with Gasteiger partial charge >= 0.3 is 0 Å². The lowest BCUT2D eigenvalue weighted by atomic mass is 9.89. The average Bonchev–Trinajstić information content (AvgIpc) is 2.28. The number of aliphatic hydroxyl groups is 1. The van der Waals surface area contributed by atoms with Crippen molar-refractivity contribution in [1.82, 2.24) is 5.32 Å². The molecule has 1 heterocycles. The third kappa shape index (κ3) is 3.83. The zero-order chi connectivity index (χ0) is 12.3. The zero-order valence-electron chi connectivity index (χ0n) is 10.9. The van der Waals surface area contributed by atoms with E-state index in [1.165, 1.54) is 24.0 Å². The summed E-state index contributed by atoms with van der Waals surface area (Å²) in [7, 11) is 0. The predicted octanol–water partition coefficient (Wildman–Crippen LogP) is 2.47. The van der Waals surface area contributed by atoms with Crippen molar-refractivity contribution in [1.29, 1.82) is 0 Å². The summed E-state index contributed by atoms with van der Waals surface area (Å²) >= 11 is 0. The van der Waals surface area contributed by atoms with Crippen molar-refractivity contribution in [3.05, 3.63) is 35.4 Å². The molecule has 0 bridgehead atoms. The molecule has 0 aromatic heterocycles. The summed E-state index contributed by atoms with van der Waals surface area (Å²) in [6.07, 6.45) is 3.26. The van der Waals surface area contributed by atoms with Gasteiger partial charge < -0.3 is 10.4 Å². The molecule has 17 heavy (non-hydrogen) atoms. The number of nitrogens with one attached hydrogen (secondary N) is 1. The van der Waals surface area contributed by atoms with Crippen LogP contribution >= 0.6 is 0 Å². The Bertz CT molecular complexity index is 361. The van der Waals surface area contributed by atoms with E-state index < -0.39 is 5.60 Å². The smallest absolute Gasteiger partial charge is 0.0631 e. The minimum Gasteiger partial charge on any atom is -0.390 e. The molecule has 0 spiro atoms. The fourth-order valence-electron chi connectivity index (χ4n) is 2.59. The molecule has 1 atom stereocenters. The van der Waals surface area contributed by atoms with Gasteiger partial charge in [-0.05, 0) is 50.3 Å². The molecule has 1 fully saturated rings. The van der Waals surface area contributed by atoms with Crippen molar-refractivity contribution in [2.24, 2.45) is 0 Å². The van der Waals surface area contributed by atoms with Gasteiger partial charge in [0.05, 0.1) is 5.60 Å². The Hall–Kier alpha value is -0.860. The third-order valence-electron chi connectivity index (χ3n) is 3.36. The van der Waals surface area contributed by atoms with Crippen molar-refractivity contribution < 1.29 is 5.11 Å². The predicted molar refractivity (Wildman–Crippen MR) is 71.3 cm³/mol. The molecule has 1 aromatic rings. The average molecular weight is 233 g/mol. The molecule has 1 aliphatic rings. The SMILES string of the molecule is CC(C)(O)Cc1cccc(C2CCCNC2)c1. The monoisotopic (exact) mass is 233 g/mol.